The van der Waals surface area contributed by atoms with Crippen molar-refractivity contribution in [2.75, 3.05) is 33.1 Å². The highest BCUT2D eigenvalue weighted by molar-refractivity contribution is 7.99. The fourth-order valence-corrected chi connectivity index (χ4v) is 4.31. The van der Waals surface area contributed by atoms with Crippen LogP contribution in [-0.4, -0.2) is 54.4 Å². The molecule has 1 aromatic carbocycles. The summed E-state index contributed by atoms with van der Waals surface area (Å²) in [5.41, 5.74) is 0.572. The Morgan fingerprint density at radius 2 is 1.82 bits per heavy atom. The first-order chi connectivity index (χ1) is 13.6. The van der Waals surface area contributed by atoms with Crippen molar-refractivity contribution in [3.8, 4) is 5.75 Å². The van der Waals surface area contributed by atoms with Crippen LogP contribution in [0.4, 0.5) is 0 Å². The highest BCUT2D eigenvalue weighted by Gasteiger charge is 2.25. The molecule has 1 aromatic heterocycles. The largest absolute Gasteiger partial charge is 0.497 e. The van der Waals surface area contributed by atoms with Gasteiger partial charge >= 0.3 is 5.97 Å². The number of likely N-dealkylation sites (tertiary alicyclic amines) is 1. The molecule has 0 radical (unpaired) electrons. The van der Waals surface area contributed by atoms with Crippen LogP contribution >= 0.6 is 11.8 Å². The fourth-order valence-electron chi connectivity index (χ4n) is 3.47. The van der Waals surface area contributed by atoms with E-state index in [-0.39, 0.29) is 17.9 Å². The lowest BCUT2D eigenvalue weighted by Gasteiger charge is -2.33. The molecule has 7 heteroatoms. The van der Waals surface area contributed by atoms with Crippen molar-refractivity contribution in [3.63, 3.8) is 0 Å². The van der Waals surface area contributed by atoms with Crippen molar-refractivity contribution in [1.82, 2.24) is 9.47 Å². The number of benzene rings is 1. The second-order valence-electron chi connectivity index (χ2n) is 6.68. The third kappa shape index (κ3) is 4.90. The van der Waals surface area contributed by atoms with Gasteiger partial charge in [-0.15, -0.1) is 11.8 Å². The van der Waals surface area contributed by atoms with Crippen molar-refractivity contribution in [2.24, 2.45) is 0 Å². The molecule has 2 heterocycles. The van der Waals surface area contributed by atoms with Gasteiger partial charge in [0.2, 0.25) is 5.91 Å². The normalized spacial score (nSPS) is 14.7. The molecule has 0 spiro atoms. The molecule has 150 valence electrons. The number of aromatic nitrogens is 1. The van der Waals surface area contributed by atoms with Crippen LogP contribution in [-0.2, 0) is 9.53 Å². The number of thioether (sulfide) groups is 1. The quantitative estimate of drug-likeness (QED) is 0.523. The van der Waals surface area contributed by atoms with E-state index in [0.717, 1.165) is 42.3 Å². The van der Waals surface area contributed by atoms with Gasteiger partial charge in [0.15, 0.2) is 0 Å². The summed E-state index contributed by atoms with van der Waals surface area (Å²) in [6.07, 6.45) is 4.13. The summed E-state index contributed by atoms with van der Waals surface area (Å²) in [7, 11) is 3.04. The monoisotopic (exact) mass is 402 g/mol. The average molecular weight is 403 g/mol. The van der Waals surface area contributed by atoms with Gasteiger partial charge in [0.05, 0.1) is 14.2 Å². The lowest BCUT2D eigenvalue weighted by atomic mass is 10.0. The molecule has 0 N–H and O–H groups in total. The van der Waals surface area contributed by atoms with Crippen molar-refractivity contribution in [3.05, 3.63) is 48.3 Å². The van der Waals surface area contributed by atoms with Crippen molar-refractivity contribution in [2.45, 2.75) is 30.2 Å². The molecule has 1 amide bonds. The van der Waals surface area contributed by atoms with Crippen LogP contribution in [0.25, 0.3) is 0 Å². The van der Waals surface area contributed by atoms with E-state index < -0.39 is 0 Å². The first-order valence-electron chi connectivity index (χ1n) is 9.42. The van der Waals surface area contributed by atoms with E-state index in [1.807, 2.05) is 46.0 Å². The Balaban J connectivity index is 1.45. The van der Waals surface area contributed by atoms with Crippen molar-refractivity contribution < 1.29 is 19.1 Å². The van der Waals surface area contributed by atoms with Gasteiger partial charge < -0.3 is 18.9 Å². The minimum atomic E-state index is -0.320. The third-order valence-electron chi connectivity index (χ3n) is 5.03. The highest BCUT2D eigenvalue weighted by Crippen LogP contribution is 2.26. The molecule has 0 atom stereocenters. The van der Waals surface area contributed by atoms with E-state index >= 15 is 0 Å². The molecule has 1 saturated heterocycles. The number of amides is 1. The smallest absolute Gasteiger partial charge is 0.354 e. The fraction of sp³-hybridized carbons (Fsp3) is 0.429. The average Bonchev–Trinajstić information content (AvgIpc) is 3.23. The molecule has 0 bridgehead atoms. The van der Waals surface area contributed by atoms with Gasteiger partial charge in [-0.1, -0.05) is 0 Å². The minimum Gasteiger partial charge on any atom is -0.497 e. The summed E-state index contributed by atoms with van der Waals surface area (Å²) in [6, 6.07) is 11.7. The molecular formula is C21H26N2O4S. The number of esters is 1. The lowest BCUT2D eigenvalue weighted by molar-refractivity contribution is -0.132. The number of hydrogen-bond acceptors (Lipinski definition) is 5. The summed E-state index contributed by atoms with van der Waals surface area (Å²) in [5.74, 6) is 1.47. The second kappa shape index (κ2) is 9.68. The van der Waals surface area contributed by atoms with E-state index in [4.69, 9.17) is 9.47 Å². The van der Waals surface area contributed by atoms with Crippen LogP contribution in [0, 0.1) is 0 Å². The first-order valence-corrected chi connectivity index (χ1v) is 10.4. The molecule has 28 heavy (non-hydrogen) atoms. The van der Waals surface area contributed by atoms with E-state index in [2.05, 4.69) is 0 Å². The number of piperidine rings is 1. The zero-order valence-electron chi connectivity index (χ0n) is 16.3. The predicted molar refractivity (Wildman–Crippen MR) is 109 cm³/mol. The molecule has 1 aliphatic heterocycles. The maximum Gasteiger partial charge on any atom is 0.354 e. The van der Waals surface area contributed by atoms with Crippen LogP contribution < -0.4 is 4.74 Å². The van der Waals surface area contributed by atoms with Crippen LogP contribution in [0.1, 0.15) is 35.8 Å². The molecule has 0 saturated carbocycles. The lowest BCUT2D eigenvalue weighted by Crippen LogP contribution is -2.39. The Hall–Kier alpha value is -2.41. The molecule has 1 fully saturated rings. The molecule has 2 aromatic rings. The summed E-state index contributed by atoms with van der Waals surface area (Å²) in [4.78, 5) is 27.5. The van der Waals surface area contributed by atoms with Crippen molar-refractivity contribution >= 4 is 23.6 Å². The van der Waals surface area contributed by atoms with Crippen LogP contribution in [0.15, 0.2) is 47.5 Å². The summed E-state index contributed by atoms with van der Waals surface area (Å²) in [5, 5.41) is 0. The molecule has 1 aliphatic rings. The Labute approximate surface area is 169 Å². The number of hydrogen-bond donors (Lipinski definition) is 0. The molecule has 6 nitrogen and oxygen atoms in total. The van der Waals surface area contributed by atoms with E-state index in [9.17, 15) is 9.59 Å². The minimum absolute atomic E-state index is 0.195. The number of carbonyl (C=O) groups excluding carboxylic acids is 2. The van der Waals surface area contributed by atoms with Gasteiger partial charge in [-0.2, -0.15) is 0 Å². The Morgan fingerprint density at radius 1 is 1.11 bits per heavy atom. The first kappa shape index (κ1) is 20.3. The third-order valence-corrected chi connectivity index (χ3v) is 6.04. The standard InChI is InChI=1S/C21H26N2O4S/c1-26-17-5-7-18(8-6-17)28-15-11-20(24)22-13-9-16(10-14-22)23-12-3-4-19(23)21(25)27-2/h3-8,12,16H,9-11,13-15H2,1-2H3. The summed E-state index contributed by atoms with van der Waals surface area (Å²) in [6.45, 7) is 1.44. The zero-order chi connectivity index (χ0) is 19.9. The highest BCUT2D eigenvalue weighted by atomic mass is 32.2. The van der Waals surface area contributed by atoms with Gasteiger partial charge in [-0.05, 0) is 49.2 Å². The second-order valence-corrected chi connectivity index (χ2v) is 7.85. The molecular weight excluding hydrogens is 376 g/mol. The van der Waals surface area contributed by atoms with Crippen LogP contribution in [0.5, 0.6) is 5.75 Å². The van der Waals surface area contributed by atoms with E-state index in [0.29, 0.717) is 12.1 Å². The van der Waals surface area contributed by atoms with Gasteiger partial charge in [-0.3, -0.25) is 4.79 Å². The Morgan fingerprint density at radius 3 is 2.46 bits per heavy atom. The summed E-state index contributed by atoms with van der Waals surface area (Å²) >= 11 is 1.68. The van der Waals surface area contributed by atoms with Gasteiger partial charge in [-0.25, -0.2) is 4.79 Å². The Bertz CT molecular complexity index is 795. The maximum atomic E-state index is 12.5. The summed E-state index contributed by atoms with van der Waals surface area (Å²) < 4.78 is 12.0. The number of carbonyl (C=O) groups is 2. The SMILES string of the molecule is COC(=O)c1cccn1C1CCN(C(=O)CCSc2ccc(OC)cc2)CC1. The molecule has 3 rings (SSSR count). The zero-order valence-corrected chi connectivity index (χ0v) is 17.1. The van der Waals surface area contributed by atoms with E-state index in [1.54, 1.807) is 24.9 Å². The number of ether oxygens (including phenoxy) is 2. The number of rotatable bonds is 7. The van der Waals surface area contributed by atoms with Gasteiger partial charge in [0, 0.05) is 42.4 Å². The van der Waals surface area contributed by atoms with E-state index in [1.165, 1.54) is 7.11 Å². The predicted octanol–water partition coefficient (Wildman–Crippen LogP) is 3.63. The Kier molecular flexibility index (Phi) is 7.03. The number of nitrogens with zero attached hydrogens (tertiary/aromatic N) is 2. The van der Waals surface area contributed by atoms with Gasteiger partial charge in [0.1, 0.15) is 11.4 Å². The van der Waals surface area contributed by atoms with Crippen LogP contribution in [0.3, 0.4) is 0 Å². The van der Waals surface area contributed by atoms with Crippen molar-refractivity contribution in [1.29, 1.82) is 0 Å². The van der Waals surface area contributed by atoms with Gasteiger partial charge in [0.25, 0.3) is 0 Å². The van der Waals surface area contributed by atoms with Crippen LogP contribution in [0.2, 0.25) is 0 Å². The molecule has 0 unspecified atom stereocenters. The number of methoxy groups -OCH3 is 2. The molecule has 0 aliphatic carbocycles. The maximum absolute atomic E-state index is 12.5. The topological polar surface area (TPSA) is 60.8 Å².